The van der Waals surface area contributed by atoms with Gasteiger partial charge in [0, 0.05) is 24.2 Å². The molecule has 6 nitrogen and oxygen atoms in total. The van der Waals surface area contributed by atoms with E-state index >= 15 is 0 Å². The summed E-state index contributed by atoms with van der Waals surface area (Å²) in [5, 5.41) is 9.88. The number of nitriles is 1. The van der Waals surface area contributed by atoms with E-state index in [0.29, 0.717) is 22.6 Å². The van der Waals surface area contributed by atoms with E-state index in [-0.39, 0.29) is 23.7 Å². The number of hydrogen-bond acceptors (Lipinski definition) is 5. The molecule has 3 heterocycles. The summed E-state index contributed by atoms with van der Waals surface area (Å²) in [6.45, 7) is 5.65. The van der Waals surface area contributed by atoms with Crippen molar-refractivity contribution in [1.29, 1.82) is 5.26 Å². The number of ether oxygens (including phenoxy) is 1. The molecule has 0 unspecified atom stereocenters. The molecular formula is C26H30F3N5O. The predicted octanol–water partition coefficient (Wildman–Crippen LogP) is 5.81. The molecule has 0 N–H and O–H groups in total. The molecule has 0 bridgehead atoms. The number of fused-ring (bicyclic) bond motifs is 1. The van der Waals surface area contributed by atoms with Gasteiger partial charge in [-0.3, -0.25) is 0 Å². The van der Waals surface area contributed by atoms with Crippen LogP contribution in [0, 0.1) is 17.2 Å². The third-order valence-corrected chi connectivity index (χ3v) is 6.70. The van der Waals surface area contributed by atoms with Gasteiger partial charge in [0.15, 0.2) is 0 Å². The number of aromatic nitrogens is 3. The minimum Gasteiger partial charge on any atom is -0.493 e. The van der Waals surface area contributed by atoms with Crippen molar-refractivity contribution in [3.63, 3.8) is 0 Å². The Bertz CT molecular complexity index is 1210. The first-order chi connectivity index (χ1) is 16.8. The lowest BCUT2D eigenvalue weighted by Gasteiger charge is -2.31. The highest BCUT2D eigenvalue weighted by atomic mass is 19.4. The molecule has 3 aromatic rings. The molecule has 1 aliphatic rings. The molecule has 1 saturated heterocycles. The standard InChI is InChI=1S/C26H30F3N5O/c1-3-4-11-34-13-7-18(8-14-34)10-15-35-22-6-5-19(16-21(22)26(27,28)29)24-20-9-12-33(2)25(20)32-23(17-30)31-24/h5-6,9,12,16,18H,3-4,7-8,10-11,13-15H2,1-2H3. The topological polar surface area (TPSA) is 67.0 Å². The predicted molar refractivity (Wildman–Crippen MR) is 128 cm³/mol. The van der Waals surface area contributed by atoms with Crippen LogP contribution in [0.1, 0.15) is 50.4 Å². The highest BCUT2D eigenvalue weighted by Gasteiger charge is 2.35. The third kappa shape index (κ3) is 5.76. The van der Waals surface area contributed by atoms with Crippen molar-refractivity contribution in [1.82, 2.24) is 19.4 Å². The molecule has 2 aromatic heterocycles. The van der Waals surface area contributed by atoms with E-state index in [1.54, 1.807) is 29.9 Å². The van der Waals surface area contributed by atoms with Crippen LogP contribution < -0.4 is 4.74 Å². The summed E-state index contributed by atoms with van der Waals surface area (Å²) in [6, 6.07) is 7.59. The first-order valence-electron chi connectivity index (χ1n) is 12.1. The van der Waals surface area contributed by atoms with Gasteiger partial charge >= 0.3 is 6.18 Å². The maximum atomic E-state index is 14.0. The molecular weight excluding hydrogens is 455 g/mol. The third-order valence-electron chi connectivity index (χ3n) is 6.70. The van der Waals surface area contributed by atoms with E-state index in [4.69, 9.17) is 4.74 Å². The van der Waals surface area contributed by atoms with Gasteiger partial charge in [-0.2, -0.15) is 18.4 Å². The minimum atomic E-state index is -4.59. The van der Waals surface area contributed by atoms with Crippen molar-refractivity contribution in [3.05, 3.63) is 41.9 Å². The molecule has 186 valence electrons. The molecule has 35 heavy (non-hydrogen) atoms. The van der Waals surface area contributed by atoms with Gasteiger partial charge in [-0.05, 0) is 75.5 Å². The largest absolute Gasteiger partial charge is 0.493 e. The number of alkyl halides is 3. The molecule has 9 heteroatoms. The van der Waals surface area contributed by atoms with Gasteiger partial charge in [0.05, 0.1) is 17.9 Å². The molecule has 1 fully saturated rings. The summed E-state index contributed by atoms with van der Waals surface area (Å²) < 4.78 is 49.2. The van der Waals surface area contributed by atoms with Crippen LogP contribution in [0.4, 0.5) is 13.2 Å². The van der Waals surface area contributed by atoms with E-state index in [1.807, 2.05) is 6.07 Å². The van der Waals surface area contributed by atoms with Crippen LogP contribution in [-0.4, -0.2) is 45.7 Å². The Labute approximate surface area is 203 Å². The Morgan fingerprint density at radius 2 is 1.94 bits per heavy atom. The lowest BCUT2D eigenvalue weighted by molar-refractivity contribution is -0.138. The van der Waals surface area contributed by atoms with E-state index < -0.39 is 11.7 Å². The molecule has 4 rings (SSSR count). The van der Waals surface area contributed by atoms with Crippen molar-refractivity contribution in [3.8, 4) is 23.1 Å². The fraction of sp³-hybridized carbons (Fsp3) is 0.500. The van der Waals surface area contributed by atoms with E-state index in [1.165, 1.54) is 18.9 Å². The van der Waals surface area contributed by atoms with Crippen molar-refractivity contribution in [2.75, 3.05) is 26.2 Å². The van der Waals surface area contributed by atoms with Crippen molar-refractivity contribution in [2.24, 2.45) is 13.0 Å². The van der Waals surface area contributed by atoms with Gasteiger partial charge in [-0.25, -0.2) is 9.97 Å². The molecule has 0 saturated carbocycles. The number of aryl methyl sites for hydroxylation is 1. The smallest absolute Gasteiger partial charge is 0.419 e. The van der Waals surface area contributed by atoms with Crippen LogP contribution in [0.5, 0.6) is 5.75 Å². The Morgan fingerprint density at radius 1 is 1.17 bits per heavy atom. The van der Waals surface area contributed by atoms with E-state index in [0.717, 1.165) is 45.0 Å². The zero-order valence-electron chi connectivity index (χ0n) is 20.1. The lowest BCUT2D eigenvalue weighted by Crippen LogP contribution is -2.34. The van der Waals surface area contributed by atoms with Gasteiger partial charge in [0.2, 0.25) is 5.82 Å². The average Bonchev–Trinajstić information content (AvgIpc) is 3.23. The number of likely N-dealkylation sites (tertiary alicyclic amines) is 1. The maximum Gasteiger partial charge on any atom is 0.419 e. The van der Waals surface area contributed by atoms with Crippen LogP contribution >= 0.6 is 0 Å². The Morgan fingerprint density at radius 3 is 2.63 bits per heavy atom. The van der Waals surface area contributed by atoms with Gasteiger partial charge in [-0.15, -0.1) is 0 Å². The average molecular weight is 486 g/mol. The minimum absolute atomic E-state index is 0.0936. The highest BCUT2D eigenvalue weighted by Crippen LogP contribution is 2.40. The lowest BCUT2D eigenvalue weighted by atomic mass is 9.94. The van der Waals surface area contributed by atoms with Crippen molar-refractivity contribution < 1.29 is 17.9 Å². The molecule has 0 atom stereocenters. The van der Waals surface area contributed by atoms with Crippen molar-refractivity contribution >= 4 is 11.0 Å². The summed E-state index contributed by atoms with van der Waals surface area (Å²) in [5.74, 6) is 0.197. The second kappa shape index (κ2) is 10.6. The zero-order chi connectivity index (χ0) is 25.0. The van der Waals surface area contributed by atoms with Crippen LogP contribution in [0.2, 0.25) is 0 Å². The van der Waals surface area contributed by atoms with Gasteiger partial charge in [0.1, 0.15) is 17.5 Å². The summed E-state index contributed by atoms with van der Waals surface area (Å²) in [5.41, 5.74) is 0.199. The van der Waals surface area contributed by atoms with Crippen LogP contribution in [-0.2, 0) is 13.2 Å². The normalized spacial score (nSPS) is 15.4. The fourth-order valence-electron chi connectivity index (χ4n) is 4.65. The fourth-order valence-corrected chi connectivity index (χ4v) is 4.65. The van der Waals surface area contributed by atoms with Crippen LogP contribution in [0.25, 0.3) is 22.3 Å². The first-order valence-corrected chi connectivity index (χ1v) is 12.1. The number of halogens is 3. The summed E-state index contributed by atoms with van der Waals surface area (Å²) in [7, 11) is 1.76. The number of unbranched alkanes of at least 4 members (excludes halogenated alkanes) is 1. The van der Waals surface area contributed by atoms with E-state index in [2.05, 4.69) is 21.8 Å². The molecule has 1 aromatic carbocycles. The highest BCUT2D eigenvalue weighted by molar-refractivity contribution is 5.91. The van der Waals surface area contributed by atoms with Crippen molar-refractivity contribution in [2.45, 2.75) is 45.2 Å². The maximum absolute atomic E-state index is 14.0. The number of piperidine rings is 1. The van der Waals surface area contributed by atoms with Gasteiger partial charge in [-0.1, -0.05) is 13.3 Å². The summed E-state index contributed by atoms with van der Waals surface area (Å²) in [6.07, 6.45) is 2.38. The SMILES string of the molecule is CCCCN1CCC(CCOc2ccc(-c3nc(C#N)nc4c3ccn4C)cc2C(F)(F)F)CC1. The summed E-state index contributed by atoms with van der Waals surface area (Å²) >= 11 is 0. The Hall–Kier alpha value is -3.12. The quantitative estimate of drug-likeness (QED) is 0.403. The number of hydrogen-bond donors (Lipinski definition) is 0. The van der Waals surface area contributed by atoms with Crippen LogP contribution in [0.3, 0.4) is 0 Å². The zero-order valence-corrected chi connectivity index (χ0v) is 20.1. The van der Waals surface area contributed by atoms with Crippen LogP contribution in [0.15, 0.2) is 30.5 Å². The second-order valence-electron chi connectivity index (χ2n) is 9.16. The van der Waals surface area contributed by atoms with Gasteiger partial charge < -0.3 is 14.2 Å². The molecule has 1 aliphatic heterocycles. The number of benzene rings is 1. The number of rotatable bonds is 8. The van der Waals surface area contributed by atoms with Gasteiger partial charge in [0.25, 0.3) is 0 Å². The molecule has 0 amide bonds. The summed E-state index contributed by atoms with van der Waals surface area (Å²) in [4.78, 5) is 10.8. The van der Waals surface area contributed by atoms with E-state index in [9.17, 15) is 18.4 Å². The Kier molecular flexibility index (Phi) is 7.60. The molecule has 0 aliphatic carbocycles. The first kappa shape index (κ1) is 25.0. The molecule has 0 radical (unpaired) electrons. The Balaban J connectivity index is 1.50. The molecule has 0 spiro atoms. The second-order valence-corrected chi connectivity index (χ2v) is 9.16. The monoisotopic (exact) mass is 485 g/mol. The number of nitrogens with zero attached hydrogens (tertiary/aromatic N) is 5.